The maximum Gasteiger partial charge on any atom is 0.335 e. The lowest BCUT2D eigenvalue weighted by molar-refractivity contribution is 0.0697. The number of aryl methyl sites for hydroxylation is 1. The summed E-state index contributed by atoms with van der Waals surface area (Å²) in [6.45, 7) is 0. The minimum Gasteiger partial charge on any atom is -0.478 e. The summed E-state index contributed by atoms with van der Waals surface area (Å²) in [4.78, 5) is 15.3. The average Bonchev–Trinajstić information content (AvgIpc) is 2.93. The van der Waals surface area contributed by atoms with Crippen molar-refractivity contribution < 1.29 is 9.90 Å². The Balaban J connectivity index is 1.93. The molecule has 0 unspecified atom stereocenters. The molecule has 0 aliphatic rings. The van der Waals surface area contributed by atoms with E-state index in [4.69, 9.17) is 10.5 Å². The summed E-state index contributed by atoms with van der Waals surface area (Å²) < 4.78 is 1.82. The van der Waals surface area contributed by atoms with Crippen molar-refractivity contribution >= 4 is 34.3 Å². The standard InChI is InChI=1S/C17H13N5O2/c1-22-15-5-3-2-4-13(15)19-16(22)14(10-18)21-20-12-8-6-11(7-9-12)17(23)24/h2-9,18H,1H3,(H,23,24). The van der Waals surface area contributed by atoms with Gasteiger partial charge in [-0.25, -0.2) is 9.78 Å². The van der Waals surface area contributed by atoms with Crippen molar-refractivity contribution in [3.63, 3.8) is 0 Å². The van der Waals surface area contributed by atoms with Gasteiger partial charge in [0.1, 0.15) is 0 Å². The molecule has 118 valence electrons. The van der Waals surface area contributed by atoms with Crippen LogP contribution in [0.1, 0.15) is 16.2 Å². The van der Waals surface area contributed by atoms with Crippen LogP contribution in [0.5, 0.6) is 0 Å². The third-order valence-electron chi connectivity index (χ3n) is 3.50. The molecular formula is C17H13N5O2. The smallest absolute Gasteiger partial charge is 0.335 e. The summed E-state index contributed by atoms with van der Waals surface area (Å²) >= 11 is 0. The van der Waals surface area contributed by atoms with Gasteiger partial charge in [-0.2, -0.15) is 0 Å². The molecule has 3 aromatic rings. The number of para-hydroxylation sites is 2. The maximum atomic E-state index is 10.8. The van der Waals surface area contributed by atoms with E-state index >= 15 is 0 Å². The number of fused-ring (bicyclic) bond motifs is 1. The molecule has 0 aliphatic carbocycles. The van der Waals surface area contributed by atoms with Crippen LogP contribution in [0.2, 0.25) is 0 Å². The Bertz CT molecular complexity index is 995. The van der Waals surface area contributed by atoms with Gasteiger partial charge in [-0.05, 0) is 36.4 Å². The third-order valence-corrected chi connectivity index (χ3v) is 3.50. The SMILES string of the molecule is Cn1c(C(=C=N)N=Nc2ccc(C(=O)O)cc2)nc2ccccc21. The van der Waals surface area contributed by atoms with E-state index in [1.165, 1.54) is 12.1 Å². The molecule has 7 nitrogen and oxygen atoms in total. The first-order chi connectivity index (χ1) is 11.6. The molecule has 0 fully saturated rings. The molecule has 1 aromatic heterocycles. The van der Waals surface area contributed by atoms with E-state index < -0.39 is 5.97 Å². The number of hydrogen-bond acceptors (Lipinski definition) is 5. The zero-order valence-corrected chi connectivity index (χ0v) is 12.8. The second-order valence-corrected chi connectivity index (χ2v) is 5.01. The Morgan fingerprint density at radius 2 is 1.92 bits per heavy atom. The van der Waals surface area contributed by atoms with Gasteiger partial charge in [-0.3, -0.25) is 5.41 Å². The zero-order chi connectivity index (χ0) is 17.1. The summed E-state index contributed by atoms with van der Waals surface area (Å²) in [5.41, 5.74) is 2.56. The normalized spacial score (nSPS) is 10.9. The van der Waals surface area contributed by atoms with Gasteiger partial charge in [-0.15, -0.1) is 10.2 Å². The van der Waals surface area contributed by atoms with Crippen molar-refractivity contribution in [1.29, 1.82) is 5.41 Å². The Morgan fingerprint density at radius 1 is 1.21 bits per heavy atom. The topological polar surface area (TPSA) is 104 Å². The van der Waals surface area contributed by atoms with Crippen LogP contribution < -0.4 is 0 Å². The quantitative estimate of drug-likeness (QED) is 0.566. The van der Waals surface area contributed by atoms with Crippen LogP contribution in [0.4, 0.5) is 5.69 Å². The van der Waals surface area contributed by atoms with Gasteiger partial charge < -0.3 is 9.67 Å². The summed E-state index contributed by atoms with van der Waals surface area (Å²) in [6.07, 6.45) is 0. The van der Waals surface area contributed by atoms with Crippen molar-refractivity contribution in [2.24, 2.45) is 17.3 Å². The summed E-state index contributed by atoms with van der Waals surface area (Å²) in [6, 6.07) is 13.6. The molecule has 1 heterocycles. The molecule has 2 N–H and O–H groups in total. The van der Waals surface area contributed by atoms with Gasteiger partial charge in [0, 0.05) is 12.9 Å². The number of carboxylic acid groups (broad SMARTS) is 1. The van der Waals surface area contributed by atoms with Crippen LogP contribution in [-0.2, 0) is 7.05 Å². The summed E-state index contributed by atoms with van der Waals surface area (Å²) in [5, 5.41) is 24.4. The highest BCUT2D eigenvalue weighted by molar-refractivity contribution is 5.89. The monoisotopic (exact) mass is 319 g/mol. The molecule has 0 spiro atoms. The lowest BCUT2D eigenvalue weighted by Crippen LogP contribution is -1.96. The second-order valence-electron chi connectivity index (χ2n) is 5.01. The number of carbonyl (C=O) groups is 1. The van der Waals surface area contributed by atoms with Gasteiger partial charge in [0.25, 0.3) is 0 Å². The number of aromatic carboxylic acids is 1. The fourth-order valence-electron chi connectivity index (χ4n) is 2.26. The predicted molar refractivity (Wildman–Crippen MR) is 89.8 cm³/mol. The van der Waals surface area contributed by atoms with Crippen molar-refractivity contribution in [1.82, 2.24) is 9.55 Å². The number of nitrogens with zero attached hydrogens (tertiary/aromatic N) is 4. The van der Waals surface area contributed by atoms with Crippen LogP contribution >= 0.6 is 0 Å². The highest BCUT2D eigenvalue weighted by atomic mass is 16.4. The number of nitrogens with one attached hydrogen (secondary N) is 1. The first-order valence-electron chi connectivity index (χ1n) is 7.07. The summed E-state index contributed by atoms with van der Waals surface area (Å²) in [7, 11) is 1.83. The van der Waals surface area contributed by atoms with Crippen LogP contribution in [0, 0.1) is 5.41 Å². The number of benzene rings is 2. The largest absolute Gasteiger partial charge is 0.478 e. The molecule has 0 saturated carbocycles. The number of hydrogen-bond donors (Lipinski definition) is 2. The Kier molecular flexibility index (Phi) is 4.01. The van der Waals surface area contributed by atoms with E-state index in [-0.39, 0.29) is 11.3 Å². The molecule has 0 bridgehead atoms. The van der Waals surface area contributed by atoms with Crippen molar-refractivity contribution in [3.8, 4) is 0 Å². The Labute approximate surface area is 137 Å². The van der Waals surface area contributed by atoms with Crippen molar-refractivity contribution in [2.75, 3.05) is 0 Å². The second kappa shape index (κ2) is 6.28. The van der Waals surface area contributed by atoms with Crippen LogP contribution in [-0.4, -0.2) is 26.5 Å². The molecule has 0 amide bonds. The van der Waals surface area contributed by atoms with Crippen LogP contribution in [0.3, 0.4) is 0 Å². The van der Waals surface area contributed by atoms with Gasteiger partial charge in [0.05, 0.1) is 22.3 Å². The molecule has 2 aromatic carbocycles. The first-order valence-corrected chi connectivity index (χ1v) is 7.07. The van der Waals surface area contributed by atoms with E-state index in [0.29, 0.717) is 11.5 Å². The summed E-state index contributed by atoms with van der Waals surface area (Å²) in [5.74, 6) is 1.73. The third kappa shape index (κ3) is 2.84. The average molecular weight is 319 g/mol. The molecule has 0 saturated heterocycles. The molecule has 24 heavy (non-hydrogen) atoms. The molecule has 0 radical (unpaired) electrons. The number of aromatic nitrogens is 2. The van der Waals surface area contributed by atoms with Gasteiger partial charge in [-0.1, -0.05) is 12.1 Å². The van der Waals surface area contributed by atoms with E-state index in [9.17, 15) is 4.79 Å². The highest BCUT2D eigenvalue weighted by Gasteiger charge is 2.11. The van der Waals surface area contributed by atoms with E-state index in [2.05, 4.69) is 21.1 Å². The van der Waals surface area contributed by atoms with Gasteiger partial charge in [0.2, 0.25) is 0 Å². The molecule has 0 aliphatic heterocycles. The van der Waals surface area contributed by atoms with Crippen molar-refractivity contribution in [3.05, 3.63) is 59.9 Å². The van der Waals surface area contributed by atoms with E-state index in [1.807, 2.05) is 35.9 Å². The highest BCUT2D eigenvalue weighted by Crippen LogP contribution is 2.22. The Hall–Kier alpha value is -3.57. The van der Waals surface area contributed by atoms with Crippen LogP contribution in [0.25, 0.3) is 16.7 Å². The molecule has 0 atom stereocenters. The number of imidazole rings is 1. The first kappa shape index (κ1) is 15.3. The van der Waals surface area contributed by atoms with Crippen molar-refractivity contribution in [2.45, 2.75) is 0 Å². The number of carboxylic acids is 1. The number of azo groups is 1. The fraction of sp³-hybridized carbons (Fsp3) is 0.0588. The van der Waals surface area contributed by atoms with E-state index in [0.717, 1.165) is 11.0 Å². The number of rotatable bonds is 4. The van der Waals surface area contributed by atoms with E-state index in [1.54, 1.807) is 12.1 Å². The minimum absolute atomic E-state index is 0.173. The maximum absolute atomic E-state index is 10.8. The van der Waals surface area contributed by atoms with Crippen LogP contribution in [0.15, 0.2) is 58.8 Å². The lowest BCUT2D eigenvalue weighted by atomic mass is 10.2. The predicted octanol–water partition coefficient (Wildman–Crippen LogP) is 3.64. The lowest BCUT2D eigenvalue weighted by Gasteiger charge is -1.99. The fourth-order valence-corrected chi connectivity index (χ4v) is 2.26. The van der Waals surface area contributed by atoms with Gasteiger partial charge >= 0.3 is 5.97 Å². The Morgan fingerprint density at radius 3 is 2.54 bits per heavy atom. The minimum atomic E-state index is -1.00. The molecule has 7 heteroatoms. The molecular weight excluding hydrogens is 306 g/mol. The van der Waals surface area contributed by atoms with Gasteiger partial charge in [0.15, 0.2) is 11.5 Å². The zero-order valence-electron chi connectivity index (χ0n) is 12.8. The molecule has 3 rings (SSSR count).